The number of nitrogens with one attached hydrogen (secondary N) is 1. The predicted octanol–water partition coefficient (Wildman–Crippen LogP) is 3.14. The summed E-state index contributed by atoms with van der Waals surface area (Å²) in [7, 11) is 0. The minimum atomic E-state index is -0.948. The van der Waals surface area contributed by atoms with Crippen molar-refractivity contribution in [1.29, 1.82) is 0 Å². The van der Waals surface area contributed by atoms with Gasteiger partial charge in [0.2, 0.25) is 0 Å². The number of aromatic nitrogens is 1. The Balaban J connectivity index is 2.72. The summed E-state index contributed by atoms with van der Waals surface area (Å²) in [4.78, 5) is 14.4. The third-order valence-corrected chi connectivity index (χ3v) is 3.77. The van der Waals surface area contributed by atoms with E-state index in [0.29, 0.717) is 12.8 Å². The minimum absolute atomic E-state index is 0.0420. The van der Waals surface area contributed by atoms with Gasteiger partial charge in [-0.25, -0.2) is 4.79 Å². The van der Waals surface area contributed by atoms with Crippen molar-refractivity contribution >= 4 is 22.4 Å². The van der Waals surface area contributed by atoms with Gasteiger partial charge in [-0.1, -0.05) is 32.0 Å². The molecule has 0 aliphatic carbocycles. The molecule has 0 bridgehead atoms. The second kappa shape index (κ2) is 6.59. The van der Waals surface area contributed by atoms with Gasteiger partial charge in [0.15, 0.2) is 0 Å². The summed E-state index contributed by atoms with van der Waals surface area (Å²) in [6, 6.07) is 6.09. The first-order chi connectivity index (χ1) is 10.1. The summed E-state index contributed by atoms with van der Waals surface area (Å²) < 4.78 is 0. The lowest BCUT2D eigenvalue weighted by molar-refractivity contribution is -0.131. The van der Waals surface area contributed by atoms with Crippen LogP contribution in [0.4, 0.5) is 0 Å². The lowest BCUT2D eigenvalue weighted by Gasteiger charge is -2.05. The molecule has 21 heavy (non-hydrogen) atoms. The number of allylic oxidation sites excluding steroid dienone is 1. The summed E-state index contributed by atoms with van der Waals surface area (Å²) in [5, 5.41) is 19.4. The standard InChI is InChI=1S/C17H21NO3/c1-3-11-6-5-7-13-14(8-9-19)17(18-16(11)13)12(4-2)10-15(20)21/h5-7,10,18-19H,3-4,8-9H2,1-2H3,(H,20,21)/b12-10-. The quantitative estimate of drug-likeness (QED) is 0.715. The molecule has 0 aliphatic rings. The Morgan fingerprint density at radius 3 is 2.67 bits per heavy atom. The maximum atomic E-state index is 11.0. The number of aromatic amines is 1. The lowest BCUT2D eigenvalue weighted by Crippen LogP contribution is -1.98. The highest BCUT2D eigenvalue weighted by molar-refractivity contribution is 5.95. The van der Waals surface area contributed by atoms with Crippen LogP contribution in [0.1, 0.15) is 37.1 Å². The van der Waals surface area contributed by atoms with E-state index < -0.39 is 5.97 Å². The van der Waals surface area contributed by atoms with Crippen LogP contribution >= 0.6 is 0 Å². The average Bonchev–Trinajstić information content (AvgIpc) is 2.83. The van der Waals surface area contributed by atoms with Crippen LogP contribution in [0.2, 0.25) is 0 Å². The molecule has 3 N–H and O–H groups in total. The fourth-order valence-corrected chi connectivity index (χ4v) is 2.77. The van der Waals surface area contributed by atoms with Gasteiger partial charge in [0.05, 0.1) is 0 Å². The van der Waals surface area contributed by atoms with Crippen LogP contribution in [0.5, 0.6) is 0 Å². The topological polar surface area (TPSA) is 73.3 Å². The zero-order valence-electron chi connectivity index (χ0n) is 12.4. The van der Waals surface area contributed by atoms with E-state index in [2.05, 4.69) is 18.0 Å². The molecule has 0 amide bonds. The Morgan fingerprint density at radius 2 is 2.10 bits per heavy atom. The number of para-hydroxylation sites is 1. The number of aryl methyl sites for hydroxylation is 1. The summed E-state index contributed by atoms with van der Waals surface area (Å²) in [5.74, 6) is -0.948. The Bertz CT molecular complexity index is 683. The average molecular weight is 287 g/mol. The molecule has 1 heterocycles. The van der Waals surface area contributed by atoms with Crippen LogP contribution in [0.3, 0.4) is 0 Å². The summed E-state index contributed by atoms with van der Waals surface area (Å²) >= 11 is 0. The Kier molecular flexibility index (Phi) is 4.81. The number of hydrogen-bond donors (Lipinski definition) is 3. The second-order valence-corrected chi connectivity index (χ2v) is 5.01. The molecule has 0 spiro atoms. The maximum Gasteiger partial charge on any atom is 0.328 e. The molecule has 1 aromatic heterocycles. The van der Waals surface area contributed by atoms with Crippen LogP contribution in [0.25, 0.3) is 16.5 Å². The van der Waals surface area contributed by atoms with Crippen molar-refractivity contribution in [2.24, 2.45) is 0 Å². The Morgan fingerprint density at radius 1 is 1.33 bits per heavy atom. The third-order valence-electron chi connectivity index (χ3n) is 3.77. The summed E-state index contributed by atoms with van der Waals surface area (Å²) in [6.07, 6.45) is 3.29. The molecule has 0 aliphatic heterocycles. The van der Waals surface area contributed by atoms with Crippen molar-refractivity contribution in [2.45, 2.75) is 33.1 Å². The number of H-pyrrole nitrogens is 1. The molecular formula is C17H21NO3. The first-order valence-electron chi connectivity index (χ1n) is 7.29. The van der Waals surface area contributed by atoms with Gasteiger partial charge in [0, 0.05) is 29.3 Å². The fourth-order valence-electron chi connectivity index (χ4n) is 2.77. The first kappa shape index (κ1) is 15.3. The number of aliphatic carboxylic acids is 1. The van der Waals surface area contributed by atoms with E-state index in [1.54, 1.807) is 0 Å². The predicted molar refractivity (Wildman–Crippen MR) is 84.4 cm³/mol. The highest BCUT2D eigenvalue weighted by Crippen LogP contribution is 2.31. The number of carbonyl (C=O) groups is 1. The van der Waals surface area contributed by atoms with E-state index in [4.69, 9.17) is 5.11 Å². The zero-order valence-corrected chi connectivity index (χ0v) is 12.4. The largest absolute Gasteiger partial charge is 0.478 e. The van der Waals surface area contributed by atoms with Gasteiger partial charge in [-0.15, -0.1) is 0 Å². The Labute approximate surface area is 124 Å². The number of carboxylic acid groups (broad SMARTS) is 1. The molecule has 0 fully saturated rings. The molecule has 1 aromatic carbocycles. The molecule has 2 rings (SSSR count). The molecule has 4 nitrogen and oxygen atoms in total. The highest BCUT2D eigenvalue weighted by Gasteiger charge is 2.16. The van der Waals surface area contributed by atoms with Gasteiger partial charge < -0.3 is 15.2 Å². The van der Waals surface area contributed by atoms with E-state index in [1.165, 1.54) is 11.6 Å². The van der Waals surface area contributed by atoms with Crippen LogP contribution in [-0.4, -0.2) is 27.8 Å². The first-order valence-corrected chi connectivity index (χ1v) is 7.29. The van der Waals surface area contributed by atoms with Crippen LogP contribution in [0, 0.1) is 0 Å². The smallest absolute Gasteiger partial charge is 0.328 e. The minimum Gasteiger partial charge on any atom is -0.478 e. The van der Waals surface area contributed by atoms with Crippen molar-refractivity contribution in [3.8, 4) is 0 Å². The van der Waals surface area contributed by atoms with E-state index in [-0.39, 0.29) is 6.61 Å². The van der Waals surface area contributed by atoms with Crippen LogP contribution < -0.4 is 0 Å². The summed E-state index contributed by atoms with van der Waals surface area (Å²) in [5.41, 5.74) is 4.83. The van der Waals surface area contributed by atoms with Crippen molar-refractivity contribution < 1.29 is 15.0 Å². The number of aliphatic hydroxyl groups is 1. The van der Waals surface area contributed by atoms with Gasteiger partial charge in [0.25, 0.3) is 0 Å². The maximum absolute atomic E-state index is 11.0. The number of aliphatic hydroxyl groups excluding tert-OH is 1. The molecule has 4 heteroatoms. The number of hydrogen-bond acceptors (Lipinski definition) is 2. The van der Waals surface area contributed by atoms with Gasteiger partial charge in [-0.05, 0) is 36.0 Å². The van der Waals surface area contributed by atoms with Crippen molar-refractivity contribution in [1.82, 2.24) is 4.98 Å². The molecule has 112 valence electrons. The van der Waals surface area contributed by atoms with E-state index in [1.807, 2.05) is 19.1 Å². The van der Waals surface area contributed by atoms with E-state index in [0.717, 1.165) is 34.2 Å². The monoisotopic (exact) mass is 287 g/mol. The Hall–Kier alpha value is -2.07. The van der Waals surface area contributed by atoms with Gasteiger partial charge in [-0.2, -0.15) is 0 Å². The van der Waals surface area contributed by atoms with Crippen LogP contribution in [-0.2, 0) is 17.6 Å². The van der Waals surface area contributed by atoms with Crippen LogP contribution in [0.15, 0.2) is 24.3 Å². The van der Waals surface area contributed by atoms with Crippen molar-refractivity contribution in [3.63, 3.8) is 0 Å². The molecule has 0 atom stereocenters. The van der Waals surface area contributed by atoms with Gasteiger partial charge in [-0.3, -0.25) is 0 Å². The van der Waals surface area contributed by atoms with Gasteiger partial charge >= 0.3 is 5.97 Å². The third kappa shape index (κ3) is 3.00. The normalized spacial score (nSPS) is 12.0. The number of benzene rings is 1. The van der Waals surface area contributed by atoms with Gasteiger partial charge in [0.1, 0.15) is 0 Å². The van der Waals surface area contributed by atoms with Crippen molar-refractivity contribution in [2.75, 3.05) is 6.61 Å². The number of fused-ring (bicyclic) bond motifs is 1. The lowest BCUT2D eigenvalue weighted by atomic mass is 10.00. The SMILES string of the molecule is CC/C(=C/C(=O)O)c1[nH]c2c(CC)cccc2c1CCO. The second-order valence-electron chi connectivity index (χ2n) is 5.01. The number of rotatable bonds is 6. The zero-order chi connectivity index (χ0) is 15.4. The number of carboxylic acids is 1. The molecule has 0 saturated carbocycles. The summed E-state index contributed by atoms with van der Waals surface area (Å²) in [6.45, 7) is 4.07. The molecule has 0 unspecified atom stereocenters. The van der Waals surface area contributed by atoms with E-state index >= 15 is 0 Å². The van der Waals surface area contributed by atoms with E-state index in [9.17, 15) is 9.90 Å². The molecular weight excluding hydrogens is 266 g/mol. The molecule has 0 radical (unpaired) electrons. The fraction of sp³-hybridized carbons (Fsp3) is 0.353. The molecule has 0 saturated heterocycles. The molecule has 2 aromatic rings. The highest BCUT2D eigenvalue weighted by atomic mass is 16.4. The van der Waals surface area contributed by atoms with Crippen molar-refractivity contribution in [3.05, 3.63) is 41.1 Å².